The molecule has 0 atom stereocenters. The summed E-state index contributed by atoms with van der Waals surface area (Å²) in [6, 6.07) is 26.6. The predicted molar refractivity (Wildman–Crippen MR) is 135 cm³/mol. The van der Waals surface area contributed by atoms with Gasteiger partial charge >= 0.3 is 5.97 Å². The number of carboxylic acid groups (broad SMARTS) is 1. The third-order valence-electron chi connectivity index (χ3n) is 5.41. The lowest BCUT2D eigenvalue weighted by molar-refractivity contribution is -0.136. The molecule has 0 spiro atoms. The van der Waals surface area contributed by atoms with Crippen LogP contribution in [0.3, 0.4) is 0 Å². The van der Waals surface area contributed by atoms with Crippen LogP contribution in [0, 0.1) is 6.92 Å². The molecule has 0 aromatic heterocycles. The minimum Gasteiger partial charge on any atom is -0.481 e. The van der Waals surface area contributed by atoms with Crippen molar-refractivity contribution in [1.29, 1.82) is 0 Å². The van der Waals surface area contributed by atoms with Crippen molar-refractivity contribution in [2.24, 2.45) is 0 Å². The topological polar surface area (TPSA) is 72.8 Å². The molecule has 0 fully saturated rings. The van der Waals surface area contributed by atoms with Crippen LogP contribution < -0.4 is 9.47 Å². The van der Waals surface area contributed by atoms with Crippen molar-refractivity contribution < 1.29 is 24.2 Å². The third kappa shape index (κ3) is 6.28. The molecule has 0 aliphatic rings. The van der Waals surface area contributed by atoms with Gasteiger partial charge in [0, 0.05) is 23.1 Å². The third-order valence-corrected chi connectivity index (χ3v) is 5.65. The van der Waals surface area contributed by atoms with Gasteiger partial charge in [0.2, 0.25) is 0 Å². The fourth-order valence-corrected chi connectivity index (χ4v) is 3.80. The summed E-state index contributed by atoms with van der Waals surface area (Å²) < 4.78 is 12.1. The minimum atomic E-state index is -0.823. The van der Waals surface area contributed by atoms with Gasteiger partial charge in [-0.1, -0.05) is 54.1 Å². The number of rotatable bonds is 9. The fraction of sp³-hybridized carbons (Fsp3) is 0.103. The van der Waals surface area contributed by atoms with Crippen LogP contribution in [0.2, 0.25) is 5.02 Å². The molecule has 0 unspecified atom stereocenters. The molecular weight excluding hydrogens is 464 g/mol. The van der Waals surface area contributed by atoms with Gasteiger partial charge in [-0.15, -0.1) is 0 Å². The molecule has 6 heteroatoms. The maximum atomic E-state index is 13.1. The highest BCUT2D eigenvalue weighted by molar-refractivity contribution is 6.31. The van der Waals surface area contributed by atoms with E-state index < -0.39 is 5.97 Å². The molecule has 0 aliphatic carbocycles. The average molecular weight is 487 g/mol. The van der Waals surface area contributed by atoms with Crippen LogP contribution in [0.15, 0.2) is 91.0 Å². The Balaban J connectivity index is 1.53. The first-order chi connectivity index (χ1) is 16.9. The Morgan fingerprint density at radius 1 is 0.800 bits per heavy atom. The average Bonchev–Trinajstić information content (AvgIpc) is 2.85. The zero-order chi connectivity index (χ0) is 24.8. The van der Waals surface area contributed by atoms with E-state index in [9.17, 15) is 9.59 Å². The first-order valence-corrected chi connectivity index (χ1v) is 11.4. The molecule has 0 bridgehead atoms. The van der Waals surface area contributed by atoms with Crippen LogP contribution in [0.5, 0.6) is 23.0 Å². The maximum absolute atomic E-state index is 13.1. The lowest BCUT2D eigenvalue weighted by atomic mass is 10.0. The SMILES string of the molecule is Cc1cc(Oc2cccc(Oc3ccc(Cl)cc3C(=O)c3ccccc3)c2)ccc1CCC(=O)O. The standard InChI is InChI=1S/C29H23ClO5/c1-19-16-25(13-10-20(19)11-15-28(31)32)34-23-8-5-9-24(18-23)35-27-14-12-22(30)17-26(27)29(33)21-6-3-2-4-7-21/h2-10,12-14,16-18H,11,15H2,1H3,(H,31,32). The Bertz CT molecular complexity index is 1360. The minimum absolute atomic E-state index is 0.0832. The molecule has 4 aromatic carbocycles. The van der Waals surface area contributed by atoms with Gasteiger partial charge in [0.25, 0.3) is 0 Å². The zero-order valence-corrected chi connectivity index (χ0v) is 19.8. The molecule has 0 amide bonds. The first kappa shape index (κ1) is 24.0. The highest BCUT2D eigenvalue weighted by Crippen LogP contribution is 2.33. The second-order valence-electron chi connectivity index (χ2n) is 8.00. The summed E-state index contributed by atoms with van der Waals surface area (Å²) in [5.74, 6) is 1.07. The lowest BCUT2D eigenvalue weighted by Crippen LogP contribution is -2.03. The molecule has 35 heavy (non-hydrogen) atoms. The Morgan fingerprint density at radius 3 is 2.23 bits per heavy atom. The zero-order valence-electron chi connectivity index (χ0n) is 19.0. The molecule has 0 saturated heterocycles. The summed E-state index contributed by atoms with van der Waals surface area (Å²) in [7, 11) is 0. The number of ether oxygens (including phenoxy) is 2. The van der Waals surface area contributed by atoms with Crippen molar-refractivity contribution in [3.05, 3.63) is 118 Å². The van der Waals surface area contributed by atoms with E-state index >= 15 is 0 Å². The molecular formula is C29H23ClO5. The predicted octanol–water partition coefficient (Wildman–Crippen LogP) is 7.48. The van der Waals surface area contributed by atoms with Crippen LogP contribution in [-0.2, 0) is 11.2 Å². The Labute approximate surface area is 208 Å². The Hall–Kier alpha value is -4.09. The van der Waals surface area contributed by atoms with E-state index in [4.69, 9.17) is 26.2 Å². The molecule has 5 nitrogen and oxygen atoms in total. The lowest BCUT2D eigenvalue weighted by Gasteiger charge is -2.13. The van der Waals surface area contributed by atoms with Gasteiger partial charge in [0.05, 0.1) is 5.56 Å². The number of aryl methyl sites for hydroxylation is 2. The van der Waals surface area contributed by atoms with Crippen LogP contribution in [0.25, 0.3) is 0 Å². The van der Waals surface area contributed by atoms with Crippen molar-refractivity contribution in [2.45, 2.75) is 19.8 Å². The van der Waals surface area contributed by atoms with Crippen LogP contribution in [0.4, 0.5) is 0 Å². The summed E-state index contributed by atoms with van der Waals surface area (Å²) in [4.78, 5) is 23.9. The summed E-state index contributed by atoms with van der Waals surface area (Å²) in [5, 5.41) is 9.34. The molecule has 4 aromatic rings. The quantitative estimate of drug-likeness (QED) is 0.248. The summed E-state index contributed by atoms with van der Waals surface area (Å²) in [6.45, 7) is 1.93. The second-order valence-corrected chi connectivity index (χ2v) is 8.43. The van der Waals surface area contributed by atoms with E-state index in [1.54, 1.807) is 66.7 Å². The summed E-state index contributed by atoms with van der Waals surface area (Å²) in [5.41, 5.74) is 2.83. The Kier molecular flexibility index (Phi) is 7.48. The van der Waals surface area contributed by atoms with Crippen molar-refractivity contribution in [2.75, 3.05) is 0 Å². The van der Waals surface area contributed by atoms with Gasteiger partial charge in [-0.25, -0.2) is 0 Å². The number of hydrogen-bond donors (Lipinski definition) is 1. The molecule has 1 N–H and O–H groups in total. The normalized spacial score (nSPS) is 10.6. The van der Waals surface area contributed by atoms with Gasteiger partial charge in [-0.2, -0.15) is 0 Å². The molecule has 0 aliphatic heterocycles. The van der Waals surface area contributed by atoms with E-state index in [1.807, 2.05) is 31.2 Å². The van der Waals surface area contributed by atoms with Gasteiger partial charge in [-0.05, 0) is 66.9 Å². The van der Waals surface area contributed by atoms with E-state index in [-0.39, 0.29) is 12.2 Å². The molecule has 176 valence electrons. The number of carbonyl (C=O) groups is 2. The highest BCUT2D eigenvalue weighted by atomic mass is 35.5. The highest BCUT2D eigenvalue weighted by Gasteiger charge is 2.16. The molecule has 0 radical (unpaired) electrons. The van der Waals surface area contributed by atoms with E-state index in [0.717, 1.165) is 11.1 Å². The van der Waals surface area contributed by atoms with Gasteiger partial charge in [0.1, 0.15) is 23.0 Å². The molecule has 0 saturated carbocycles. The van der Waals surface area contributed by atoms with Crippen molar-refractivity contribution in [3.8, 4) is 23.0 Å². The summed E-state index contributed by atoms with van der Waals surface area (Å²) in [6.07, 6.45) is 0.551. The number of hydrogen-bond acceptors (Lipinski definition) is 4. The largest absolute Gasteiger partial charge is 0.481 e. The number of halogens is 1. The maximum Gasteiger partial charge on any atom is 0.303 e. The first-order valence-electron chi connectivity index (χ1n) is 11.1. The van der Waals surface area contributed by atoms with E-state index in [2.05, 4.69) is 0 Å². The number of carbonyl (C=O) groups excluding carboxylic acids is 1. The summed E-state index contributed by atoms with van der Waals surface area (Å²) >= 11 is 6.17. The van der Waals surface area contributed by atoms with E-state index in [0.29, 0.717) is 45.6 Å². The number of benzene rings is 4. The van der Waals surface area contributed by atoms with Gasteiger partial charge < -0.3 is 14.6 Å². The number of ketones is 1. The van der Waals surface area contributed by atoms with Crippen LogP contribution >= 0.6 is 11.6 Å². The smallest absolute Gasteiger partial charge is 0.303 e. The molecule has 4 rings (SSSR count). The van der Waals surface area contributed by atoms with Crippen LogP contribution in [-0.4, -0.2) is 16.9 Å². The van der Waals surface area contributed by atoms with Gasteiger partial charge in [-0.3, -0.25) is 9.59 Å². The molecule has 0 heterocycles. The second kappa shape index (κ2) is 10.9. The van der Waals surface area contributed by atoms with Crippen LogP contribution in [0.1, 0.15) is 33.5 Å². The Morgan fingerprint density at radius 2 is 1.51 bits per heavy atom. The van der Waals surface area contributed by atoms with Gasteiger partial charge in [0.15, 0.2) is 5.78 Å². The van der Waals surface area contributed by atoms with Crippen molar-refractivity contribution in [3.63, 3.8) is 0 Å². The number of aliphatic carboxylic acids is 1. The van der Waals surface area contributed by atoms with Crippen molar-refractivity contribution >= 4 is 23.4 Å². The van der Waals surface area contributed by atoms with Crippen molar-refractivity contribution in [1.82, 2.24) is 0 Å². The monoisotopic (exact) mass is 486 g/mol. The fourth-order valence-electron chi connectivity index (χ4n) is 3.63. The van der Waals surface area contributed by atoms with E-state index in [1.165, 1.54) is 0 Å². The number of carboxylic acids is 1.